The van der Waals surface area contributed by atoms with Crippen LogP contribution in [0.2, 0.25) is 0 Å². The minimum absolute atomic E-state index is 0.105. The Hall–Kier alpha value is -1.53. The summed E-state index contributed by atoms with van der Waals surface area (Å²) in [6, 6.07) is 2.21. The molecule has 0 atom stereocenters. The van der Waals surface area contributed by atoms with E-state index < -0.39 is 29.5 Å². The molecule has 0 aromatic heterocycles. The fraction of sp³-hybridized carbons (Fsp3) is 0.533. The average molecular weight is 300 g/mol. The molecule has 0 bridgehead atoms. The molecular formula is C15H18F2O4. The summed E-state index contributed by atoms with van der Waals surface area (Å²) in [6.45, 7) is 2.94. The highest BCUT2D eigenvalue weighted by atomic mass is 19.2. The summed E-state index contributed by atoms with van der Waals surface area (Å²) in [5.74, 6) is -3.87. The van der Waals surface area contributed by atoms with Gasteiger partial charge in [0.25, 0.3) is 0 Å². The van der Waals surface area contributed by atoms with E-state index in [-0.39, 0.29) is 11.5 Å². The van der Waals surface area contributed by atoms with E-state index in [9.17, 15) is 13.6 Å². The molecule has 2 rings (SSSR count). The summed E-state index contributed by atoms with van der Waals surface area (Å²) in [4.78, 5) is 10.7. The van der Waals surface area contributed by atoms with E-state index in [1.165, 1.54) is 6.07 Å². The van der Waals surface area contributed by atoms with E-state index in [1.54, 1.807) is 0 Å². The van der Waals surface area contributed by atoms with Gasteiger partial charge in [-0.25, -0.2) is 13.6 Å². The van der Waals surface area contributed by atoms with Crippen LogP contribution >= 0.6 is 0 Å². The lowest BCUT2D eigenvalue weighted by molar-refractivity contribution is -0.207. The molecule has 116 valence electrons. The molecule has 1 aromatic carbocycles. The van der Waals surface area contributed by atoms with Crippen molar-refractivity contribution in [1.82, 2.24) is 0 Å². The zero-order chi connectivity index (χ0) is 15.4. The smallest absolute Gasteiger partial charge is 0.338 e. The van der Waals surface area contributed by atoms with Crippen LogP contribution in [0, 0.1) is 17.6 Å². The van der Waals surface area contributed by atoms with Crippen molar-refractivity contribution < 1.29 is 28.2 Å². The molecule has 1 aromatic rings. The molecule has 0 amide bonds. The molecule has 0 aliphatic carbocycles. The predicted octanol–water partition coefficient (Wildman–Crippen LogP) is 3.51. The van der Waals surface area contributed by atoms with Crippen molar-refractivity contribution in [3.8, 4) is 0 Å². The highest BCUT2D eigenvalue weighted by Gasteiger charge is 2.28. The molecule has 0 unspecified atom stereocenters. The lowest BCUT2D eigenvalue weighted by atomic mass is 10.0. The summed E-state index contributed by atoms with van der Waals surface area (Å²) in [5, 5.41) is 8.74. The Morgan fingerprint density at radius 3 is 2.52 bits per heavy atom. The standard InChI is InChI=1S/C15H18F2O4/c1-2-3-4-9-7-20-15(21-8-9)11-6-5-10(14(18)19)12(16)13(11)17/h5-6,9,15H,2-4,7-8H2,1H3,(H,18,19). The van der Waals surface area contributed by atoms with Gasteiger partial charge in [0.1, 0.15) is 0 Å². The van der Waals surface area contributed by atoms with Crippen molar-refractivity contribution in [2.24, 2.45) is 5.92 Å². The maximum atomic E-state index is 13.9. The second-order valence-electron chi connectivity index (χ2n) is 5.14. The predicted molar refractivity (Wildman–Crippen MR) is 71.0 cm³/mol. The van der Waals surface area contributed by atoms with E-state index in [0.29, 0.717) is 13.2 Å². The van der Waals surface area contributed by atoms with Gasteiger partial charge in [-0.05, 0) is 18.6 Å². The number of benzene rings is 1. The SMILES string of the molecule is CCCCC1COC(c2ccc(C(=O)O)c(F)c2F)OC1. The molecule has 4 nitrogen and oxygen atoms in total. The summed E-state index contributed by atoms with van der Waals surface area (Å²) in [6.07, 6.45) is 2.13. The Kier molecular flexibility index (Phi) is 5.25. The third-order valence-electron chi connectivity index (χ3n) is 3.53. The van der Waals surface area contributed by atoms with E-state index in [0.717, 1.165) is 25.3 Å². The van der Waals surface area contributed by atoms with Gasteiger partial charge >= 0.3 is 5.97 Å². The van der Waals surface area contributed by atoms with Crippen molar-refractivity contribution in [1.29, 1.82) is 0 Å². The molecular weight excluding hydrogens is 282 g/mol. The van der Waals surface area contributed by atoms with Gasteiger partial charge in [-0.2, -0.15) is 0 Å². The maximum absolute atomic E-state index is 13.9. The van der Waals surface area contributed by atoms with Crippen LogP contribution in [-0.2, 0) is 9.47 Å². The van der Waals surface area contributed by atoms with Gasteiger partial charge in [-0.15, -0.1) is 0 Å². The molecule has 0 saturated carbocycles. The Morgan fingerprint density at radius 2 is 1.95 bits per heavy atom. The molecule has 0 radical (unpaired) electrons. The van der Waals surface area contributed by atoms with E-state index in [4.69, 9.17) is 14.6 Å². The normalized spacial score (nSPS) is 22.2. The van der Waals surface area contributed by atoms with E-state index in [2.05, 4.69) is 6.92 Å². The summed E-state index contributed by atoms with van der Waals surface area (Å²) in [7, 11) is 0. The molecule has 1 N–H and O–H groups in total. The van der Waals surface area contributed by atoms with Crippen LogP contribution in [0.15, 0.2) is 12.1 Å². The fourth-order valence-electron chi connectivity index (χ4n) is 2.29. The Labute approximate surface area is 121 Å². The molecule has 0 spiro atoms. The van der Waals surface area contributed by atoms with Gasteiger partial charge < -0.3 is 14.6 Å². The van der Waals surface area contributed by atoms with Gasteiger partial charge in [0, 0.05) is 11.5 Å². The largest absolute Gasteiger partial charge is 0.478 e. The highest BCUT2D eigenvalue weighted by molar-refractivity contribution is 5.88. The number of carbonyl (C=O) groups is 1. The molecule has 1 aliphatic heterocycles. The van der Waals surface area contributed by atoms with Crippen LogP contribution < -0.4 is 0 Å². The van der Waals surface area contributed by atoms with Gasteiger partial charge in [0.05, 0.1) is 18.8 Å². The first-order valence-corrected chi connectivity index (χ1v) is 6.99. The van der Waals surface area contributed by atoms with Crippen molar-refractivity contribution in [2.45, 2.75) is 32.5 Å². The van der Waals surface area contributed by atoms with Crippen LogP contribution in [0.25, 0.3) is 0 Å². The van der Waals surface area contributed by atoms with E-state index >= 15 is 0 Å². The topological polar surface area (TPSA) is 55.8 Å². The number of ether oxygens (including phenoxy) is 2. The second kappa shape index (κ2) is 6.95. The number of carboxylic acid groups (broad SMARTS) is 1. The number of carboxylic acids is 1. The first-order valence-electron chi connectivity index (χ1n) is 6.99. The zero-order valence-electron chi connectivity index (χ0n) is 11.8. The van der Waals surface area contributed by atoms with Crippen molar-refractivity contribution >= 4 is 5.97 Å². The van der Waals surface area contributed by atoms with Gasteiger partial charge in [0.15, 0.2) is 17.9 Å². The summed E-state index contributed by atoms with van der Waals surface area (Å²) < 4.78 is 38.4. The van der Waals surface area contributed by atoms with Crippen LogP contribution in [0.5, 0.6) is 0 Å². The second-order valence-corrected chi connectivity index (χ2v) is 5.14. The van der Waals surface area contributed by atoms with Crippen LogP contribution in [0.1, 0.15) is 48.4 Å². The third-order valence-corrected chi connectivity index (χ3v) is 3.53. The maximum Gasteiger partial charge on any atom is 0.338 e. The minimum Gasteiger partial charge on any atom is -0.478 e. The molecule has 21 heavy (non-hydrogen) atoms. The number of hydrogen-bond acceptors (Lipinski definition) is 3. The lowest BCUT2D eigenvalue weighted by Gasteiger charge is -2.29. The molecule has 1 heterocycles. The number of halogens is 2. The first kappa shape index (κ1) is 15.9. The Balaban J connectivity index is 2.07. The van der Waals surface area contributed by atoms with Crippen LogP contribution in [0.4, 0.5) is 8.78 Å². The van der Waals surface area contributed by atoms with Crippen molar-refractivity contribution in [3.63, 3.8) is 0 Å². The van der Waals surface area contributed by atoms with Crippen molar-refractivity contribution in [2.75, 3.05) is 13.2 Å². The number of unbranched alkanes of at least 4 members (excludes halogenated alkanes) is 1. The van der Waals surface area contributed by atoms with Crippen LogP contribution in [-0.4, -0.2) is 24.3 Å². The highest BCUT2D eigenvalue weighted by Crippen LogP contribution is 2.30. The lowest BCUT2D eigenvalue weighted by Crippen LogP contribution is -2.28. The fourth-order valence-corrected chi connectivity index (χ4v) is 2.29. The Morgan fingerprint density at radius 1 is 1.29 bits per heavy atom. The molecule has 1 aliphatic rings. The van der Waals surface area contributed by atoms with Crippen molar-refractivity contribution in [3.05, 3.63) is 34.9 Å². The number of hydrogen-bond donors (Lipinski definition) is 1. The molecule has 1 fully saturated rings. The van der Waals surface area contributed by atoms with Gasteiger partial charge in [-0.3, -0.25) is 0 Å². The number of aromatic carboxylic acids is 1. The monoisotopic (exact) mass is 300 g/mol. The van der Waals surface area contributed by atoms with Gasteiger partial charge in [0.2, 0.25) is 0 Å². The Bertz CT molecular complexity index is 511. The molecule has 1 saturated heterocycles. The number of rotatable bonds is 5. The van der Waals surface area contributed by atoms with E-state index in [1.807, 2.05) is 0 Å². The van der Waals surface area contributed by atoms with Gasteiger partial charge in [-0.1, -0.05) is 19.8 Å². The zero-order valence-corrected chi connectivity index (χ0v) is 11.8. The quantitative estimate of drug-likeness (QED) is 0.904. The third kappa shape index (κ3) is 3.57. The average Bonchev–Trinajstić information content (AvgIpc) is 2.48. The summed E-state index contributed by atoms with van der Waals surface area (Å²) in [5.41, 5.74) is -0.806. The van der Waals surface area contributed by atoms with Crippen LogP contribution in [0.3, 0.4) is 0 Å². The minimum atomic E-state index is -1.51. The summed E-state index contributed by atoms with van der Waals surface area (Å²) >= 11 is 0. The first-order chi connectivity index (χ1) is 10.0. The molecule has 6 heteroatoms.